The summed E-state index contributed by atoms with van der Waals surface area (Å²) in [5, 5.41) is 0. The molecule has 0 N–H and O–H groups in total. The van der Waals surface area contributed by atoms with Crippen molar-refractivity contribution in [1.82, 2.24) is 0 Å². The summed E-state index contributed by atoms with van der Waals surface area (Å²) in [6.45, 7) is 6.16. The minimum atomic E-state index is 0.588. The standard InChI is InChI=1S/C7H12/c1-4-6-7(3)5-2/h7H,5H2,1-3H3/t7-/m1/s1. The van der Waals surface area contributed by atoms with Crippen LogP contribution in [-0.4, -0.2) is 0 Å². The van der Waals surface area contributed by atoms with Gasteiger partial charge in [-0.2, -0.15) is 0 Å². The number of hydrogen-bond acceptors (Lipinski definition) is 0. The molecule has 0 heteroatoms. The monoisotopic (exact) mass is 96.1 g/mol. The van der Waals surface area contributed by atoms with Crippen LogP contribution in [0.1, 0.15) is 27.2 Å². The Hall–Kier alpha value is -0.440. The van der Waals surface area contributed by atoms with E-state index in [-0.39, 0.29) is 0 Å². The Kier molecular flexibility index (Phi) is 3.50. The van der Waals surface area contributed by atoms with E-state index in [0.717, 1.165) is 0 Å². The summed E-state index contributed by atoms with van der Waals surface area (Å²) >= 11 is 0. The Labute approximate surface area is 45.9 Å². The second-order valence-electron chi connectivity index (χ2n) is 1.70. The maximum atomic E-state index is 3.05. The number of hydrogen-bond donors (Lipinski definition) is 0. The van der Waals surface area contributed by atoms with Crippen LogP contribution < -0.4 is 0 Å². The van der Waals surface area contributed by atoms with Gasteiger partial charge in [0.15, 0.2) is 0 Å². The highest BCUT2D eigenvalue weighted by Gasteiger charge is 1.86. The van der Waals surface area contributed by atoms with E-state index < -0.39 is 0 Å². The SMILES string of the molecule is CC#C[C@H](C)CC. The molecule has 0 bridgehead atoms. The summed E-state index contributed by atoms with van der Waals surface area (Å²) in [7, 11) is 0. The van der Waals surface area contributed by atoms with Gasteiger partial charge in [-0.1, -0.05) is 13.8 Å². The van der Waals surface area contributed by atoms with Gasteiger partial charge in [-0.15, -0.1) is 11.8 Å². The zero-order valence-electron chi connectivity index (χ0n) is 5.28. The fourth-order valence-electron chi connectivity index (χ4n) is 0.348. The van der Waals surface area contributed by atoms with E-state index in [1.165, 1.54) is 6.42 Å². The molecule has 0 saturated carbocycles. The third-order valence-corrected chi connectivity index (χ3v) is 1.00. The molecule has 0 nitrogen and oxygen atoms in total. The molecule has 0 aliphatic rings. The molecule has 0 amide bonds. The van der Waals surface area contributed by atoms with Gasteiger partial charge >= 0.3 is 0 Å². The van der Waals surface area contributed by atoms with Gasteiger partial charge in [0.25, 0.3) is 0 Å². The van der Waals surface area contributed by atoms with E-state index in [2.05, 4.69) is 25.7 Å². The van der Waals surface area contributed by atoms with E-state index in [0.29, 0.717) is 5.92 Å². The third kappa shape index (κ3) is 3.39. The van der Waals surface area contributed by atoms with Crippen molar-refractivity contribution < 1.29 is 0 Å². The zero-order valence-corrected chi connectivity index (χ0v) is 5.28. The molecule has 0 aromatic rings. The molecular formula is C7H12. The van der Waals surface area contributed by atoms with Crippen molar-refractivity contribution in [2.75, 3.05) is 0 Å². The summed E-state index contributed by atoms with van der Waals surface area (Å²) in [5.74, 6) is 6.50. The highest BCUT2D eigenvalue weighted by atomic mass is 13.9. The molecule has 0 aromatic heterocycles. The van der Waals surface area contributed by atoms with Gasteiger partial charge < -0.3 is 0 Å². The van der Waals surface area contributed by atoms with Crippen LogP contribution in [0.25, 0.3) is 0 Å². The van der Waals surface area contributed by atoms with Gasteiger partial charge in [0.1, 0.15) is 0 Å². The fraction of sp³-hybridized carbons (Fsp3) is 0.714. The summed E-state index contributed by atoms with van der Waals surface area (Å²) in [6, 6.07) is 0. The Bertz CT molecular complexity index is 81.9. The maximum absolute atomic E-state index is 3.05. The molecule has 7 heavy (non-hydrogen) atoms. The van der Waals surface area contributed by atoms with Crippen molar-refractivity contribution in [1.29, 1.82) is 0 Å². The first kappa shape index (κ1) is 6.56. The predicted octanol–water partition coefficient (Wildman–Crippen LogP) is 2.06. The van der Waals surface area contributed by atoms with Gasteiger partial charge in [-0.05, 0) is 13.3 Å². The Morgan fingerprint density at radius 1 is 1.57 bits per heavy atom. The summed E-state index contributed by atoms with van der Waals surface area (Å²) < 4.78 is 0. The molecule has 40 valence electrons. The van der Waals surface area contributed by atoms with Gasteiger partial charge in [0, 0.05) is 5.92 Å². The molecular weight excluding hydrogens is 84.1 g/mol. The van der Waals surface area contributed by atoms with Crippen molar-refractivity contribution in [2.24, 2.45) is 5.92 Å². The van der Waals surface area contributed by atoms with Crippen LogP contribution in [0.4, 0.5) is 0 Å². The lowest BCUT2D eigenvalue weighted by Crippen LogP contribution is -1.83. The lowest BCUT2D eigenvalue weighted by molar-refractivity contribution is 0.723. The quantitative estimate of drug-likeness (QED) is 0.438. The molecule has 0 aliphatic carbocycles. The Morgan fingerprint density at radius 3 is 2.29 bits per heavy atom. The second-order valence-corrected chi connectivity index (χ2v) is 1.70. The summed E-state index contributed by atoms with van der Waals surface area (Å²) in [6.07, 6.45) is 1.17. The van der Waals surface area contributed by atoms with Gasteiger partial charge in [0.05, 0.1) is 0 Å². The van der Waals surface area contributed by atoms with Crippen molar-refractivity contribution >= 4 is 0 Å². The van der Waals surface area contributed by atoms with Crippen LogP contribution >= 0.6 is 0 Å². The molecule has 0 aromatic carbocycles. The van der Waals surface area contributed by atoms with Gasteiger partial charge in [-0.25, -0.2) is 0 Å². The first-order valence-corrected chi connectivity index (χ1v) is 2.73. The van der Waals surface area contributed by atoms with Crippen LogP contribution in [0.15, 0.2) is 0 Å². The van der Waals surface area contributed by atoms with Gasteiger partial charge in [-0.3, -0.25) is 0 Å². The first-order valence-electron chi connectivity index (χ1n) is 2.73. The minimum absolute atomic E-state index is 0.588. The van der Waals surface area contributed by atoms with Crippen molar-refractivity contribution in [3.8, 4) is 11.8 Å². The lowest BCUT2D eigenvalue weighted by atomic mass is 10.1. The molecule has 1 atom stereocenters. The largest absolute Gasteiger partial charge is 0.106 e. The third-order valence-electron chi connectivity index (χ3n) is 1.00. The highest BCUT2D eigenvalue weighted by Crippen LogP contribution is 1.95. The molecule has 0 unspecified atom stereocenters. The zero-order chi connectivity index (χ0) is 5.70. The average molecular weight is 96.2 g/mol. The van der Waals surface area contributed by atoms with Crippen LogP contribution in [0.3, 0.4) is 0 Å². The van der Waals surface area contributed by atoms with Crippen LogP contribution in [0, 0.1) is 17.8 Å². The maximum Gasteiger partial charge on any atom is 0.0171 e. The second kappa shape index (κ2) is 3.74. The van der Waals surface area contributed by atoms with E-state index in [4.69, 9.17) is 0 Å². The van der Waals surface area contributed by atoms with Crippen LogP contribution in [-0.2, 0) is 0 Å². The first-order chi connectivity index (χ1) is 3.31. The van der Waals surface area contributed by atoms with E-state index >= 15 is 0 Å². The smallest absolute Gasteiger partial charge is 0.0171 e. The molecule has 0 saturated heterocycles. The normalized spacial score (nSPS) is 11.9. The highest BCUT2D eigenvalue weighted by molar-refractivity contribution is 4.98. The van der Waals surface area contributed by atoms with Crippen molar-refractivity contribution in [3.05, 3.63) is 0 Å². The summed E-state index contributed by atoms with van der Waals surface area (Å²) in [5.41, 5.74) is 0. The Morgan fingerprint density at radius 2 is 2.14 bits per heavy atom. The molecule has 0 spiro atoms. The fourth-order valence-corrected chi connectivity index (χ4v) is 0.348. The number of rotatable bonds is 1. The molecule has 0 heterocycles. The molecule has 0 radical (unpaired) electrons. The van der Waals surface area contributed by atoms with Crippen LogP contribution in [0.5, 0.6) is 0 Å². The van der Waals surface area contributed by atoms with E-state index in [1.54, 1.807) is 0 Å². The average Bonchev–Trinajstić information content (AvgIpc) is 1.68. The predicted molar refractivity (Wildman–Crippen MR) is 32.9 cm³/mol. The molecule has 0 rings (SSSR count). The topological polar surface area (TPSA) is 0 Å². The minimum Gasteiger partial charge on any atom is -0.106 e. The van der Waals surface area contributed by atoms with Crippen LogP contribution in [0.2, 0.25) is 0 Å². The van der Waals surface area contributed by atoms with E-state index in [1.807, 2.05) is 6.92 Å². The van der Waals surface area contributed by atoms with Crippen molar-refractivity contribution in [2.45, 2.75) is 27.2 Å². The van der Waals surface area contributed by atoms with Gasteiger partial charge in [0.2, 0.25) is 0 Å². The van der Waals surface area contributed by atoms with Crippen molar-refractivity contribution in [3.63, 3.8) is 0 Å². The Balaban J connectivity index is 3.29. The van der Waals surface area contributed by atoms with E-state index in [9.17, 15) is 0 Å². The molecule has 0 fully saturated rings. The molecule has 0 aliphatic heterocycles. The summed E-state index contributed by atoms with van der Waals surface area (Å²) in [4.78, 5) is 0. The lowest BCUT2D eigenvalue weighted by Gasteiger charge is -1.91.